The van der Waals surface area contributed by atoms with Crippen molar-refractivity contribution < 1.29 is 14.3 Å². The number of nitrogens with zero attached hydrogens (tertiary/aromatic N) is 1. The summed E-state index contributed by atoms with van der Waals surface area (Å²) in [5, 5.41) is 3.26. The molecule has 4 rings (SSSR count). The van der Waals surface area contributed by atoms with E-state index in [9.17, 15) is 9.59 Å². The van der Waals surface area contributed by atoms with Gasteiger partial charge in [-0.05, 0) is 38.5 Å². The van der Waals surface area contributed by atoms with Gasteiger partial charge in [-0.3, -0.25) is 9.59 Å². The molecule has 2 saturated carbocycles. The summed E-state index contributed by atoms with van der Waals surface area (Å²) in [6.45, 7) is 0.745. The zero-order valence-electron chi connectivity index (χ0n) is 15.0. The number of hydrogen-bond acceptors (Lipinski definition) is 4. The van der Waals surface area contributed by atoms with Crippen LogP contribution in [0.4, 0.5) is 0 Å². The normalized spacial score (nSPS) is 32.4. The first-order valence-corrected chi connectivity index (χ1v) is 11.1. The smallest absolute Gasteiger partial charge is 0.243 e. The lowest BCUT2D eigenvalue weighted by Gasteiger charge is -2.39. The standard InChI is InChI=1S/C19H30N2O3S/c22-17(20-15-7-10-24-19(11-15)8-3-4-9-19)16-12-25-13-21(16)18(23)14-5-1-2-6-14/h14-16H,1-13H2,(H,20,22). The largest absolute Gasteiger partial charge is 0.375 e. The van der Waals surface area contributed by atoms with Crippen molar-refractivity contribution in [3.8, 4) is 0 Å². The molecular formula is C19H30N2O3S. The molecule has 0 aromatic heterocycles. The van der Waals surface area contributed by atoms with E-state index in [0.717, 1.165) is 63.7 Å². The molecule has 2 saturated heterocycles. The quantitative estimate of drug-likeness (QED) is 0.834. The zero-order valence-corrected chi connectivity index (χ0v) is 15.8. The summed E-state index contributed by atoms with van der Waals surface area (Å²) in [6, 6.07) is -0.0751. The van der Waals surface area contributed by atoms with Crippen LogP contribution in [0.25, 0.3) is 0 Å². The minimum absolute atomic E-state index is 0.0139. The molecule has 4 fully saturated rings. The van der Waals surface area contributed by atoms with Crippen molar-refractivity contribution in [1.82, 2.24) is 10.2 Å². The van der Waals surface area contributed by atoms with Gasteiger partial charge >= 0.3 is 0 Å². The molecule has 4 aliphatic rings. The van der Waals surface area contributed by atoms with Gasteiger partial charge in [0.15, 0.2) is 0 Å². The van der Waals surface area contributed by atoms with Crippen molar-refractivity contribution in [3.05, 3.63) is 0 Å². The van der Waals surface area contributed by atoms with Crippen molar-refractivity contribution in [2.75, 3.05) is 18.2 Å². The topological polar surface area (TPSA) is 58.6 Å². The molecule has 1 spiro atoms. The van der Waals surface area contributed by atoms with E-state index in [4.69, 9.17) is 4.74 Å². The molecule has 2 unspecified atom stereocenters. The van der Waals surface area contributed by atoms with Crippen LogP contribution in [0.3, 0.4) is 0 Å². The first-order chi connectivity index (χ1) is 12.2. The van der Waals surface area contributed by atoms with Gasteiger partial charge in [0.1, 0.15) is 6.04 Å². The van der Waals surface area contributed by atoms with E-state index in [0.29, 0.717) is 5.88 Å². The Hall–Kier alpha value is -0.750. The van der Waals surface area contributed by atoms with Gasteiger partial charge in [0.05, 0.1) is 11.5 Å². The fourth-order valence-electron chi connectivity index (χ4n) is 5.10. The maximum Gasteiger partial charge on any atom is 0.243 e. The highest BCUT2D eigenvalue weighted by Gasteiger charge is 2.42. The lowest BCUT2D eigenvalue weighted by Crippen LogP contribution is -2.54. The molecule has 2 atom stereocenters. The second-order valence-corrected chi connectivity index (χ2v) is 9.24. The van der Waals surface area contributed by atoms with E-state index in [1.54, 1.807) is 11.8 Å². The third-order valence-electron chi connectivity index (χ3n) is 6.53. The maximum atomic E-state index is 12.9. The molecule has 0 aromatic rings. The van der Waals surface area contributed by atoms with Crippen molar-refractivity contribution in [1.29, 1.82) is 0 Å². The number of hydrogen-bond donors (Lipinski definition) is 1. The predicted molar refractivity (Wildman–Crippen MR) is 98.2 cm³/mol. The number of carbonyl (C=O) groups excluding carboxylic acids is 2. The lowest BCUT2D eigenvalue weighted by molar-refractivity contribution is -0.142. The summed E-state index contributed by atoms with van der Waals surface area (Å²) in [5.41, 5.74) is 0.0139. The monoisotopic (exact) mass is 366 g/mol. The second-order valence-electron chi connectivity index (χ2n) is 8.24. The van der Waals surface area contributed by atoms with Crippen LogP contribution < -0.4 is 5.32 Å². The van der Waals surface area contributed by atoms with E-state index in [2.05, 4.69) is 5.32 Å². The number of nitrogens with one attached hydrogen (secondary N) is 1. The molecule has 2 heterocycles. The van der Waals surface area contributed by atoms with E-state index < -0.39 is 0 Å². The van der Waals surface area contributed by atoms with Crippen LogP contribution >= 0.6 is 11.8 Å². The first kappa shape index (κ1) is 17.7. The number of thioether (sulfide) groups is 1. The van der Waals surface area contributed by atoms with Gasteiger partial charge in [-0.2, -0.15) is 0 Å². The Labute approximate surface area is 154 Å². The summed E-state index contributed by atoms with van der Waals surface area (Å²) >= 11 is 1.71. The molecule has 5 nitrogen and oxygen atoms in total. The Balaban J connectivity index is 1.35. The van der Waals surface area contributed by atoms with Crippen molar-refractivity contribution in [2.24, 2.45) is 5.92 Å². The summed E-state index contributed by atoms with van der Waals surface area (Å²) in [7, 11) is 0. The van der Waals surface area contributed by atoms with Gasteiger partial charge in [-0.25, -0.2) is 0 Å². The van der Waals surface area contributed by atoms with Gasteiger partial charge in [0.25, 0.3) is 0 Å². The molecule has 2 amide bonds. The van der Waals surface area contributed by atoms with Crippen molar-refractivity contribution in [3.63, 3.8) is 0 Å². The first-order valence-electron chi connectivity index (χ1n) is 9.99. The van der Waals surface area contributed by atoms with Gasteiger partial charge in [-0.1, -0.05) is 25.7 Å². The Morgan fingerprint density at radius 1 is 1.08 bits per heavy atom. The number of carbonyl (C=O) groups is 2. The SMILES string of the molecule is O=C(NC1CCOC2(CCCC2)C1)C1CSCN1C(=O)C1CCCC1. The highest BCUT2D eigenvalue weighted by atomic mass is 32.2. The van der Waals surface area contributed by atoms with E-state index >= 15 is 0 Å². The second kappa shape index (κ2) is 7.47. The third-order valence-corrected chi connectivity index (χ3v) is 7.54. The third kappa shape index (κ3) is 3.70. The molecule has 1 N–H and O–H groups in total. The molecule has 2 aliphatic heterocycles. The zero-order chi connectivity index (χ0) is 17.3. The average molecular weight is 367 g/mol. The van der Waals surface area contributed by atoms with Gasteiger partial charge in [0.2, 0.25) is 11.8 Å². The minimum atomic E-state index is -0.277. The molecular weight excluding hydrogens is 336 g/mol. The van der Waals surface area contributed by atoms with Crippen LogP contribution in [0.5, 0.6) is 0 Å². The highest BCUT2D eigenvalue weighted by Crippen LogP contribution is 2.40. The average Bonchev–Trinajstić information content (AvgIpc) is 3.36. The molecule has 6 heteroatoms. The Kier molecular flexibility index (Phi) is 5.28. The summed E-state index contributed by atoms with van der Waals surface area (Å²) < 4.78 is 6.07. The summed E-state index contributed by atoms with van der Waals surface area (Å²) in [4.78, 5) is 27.5. The molecule has 25 heavy (non-hydrogen) atoms. The van der Waals surface area contributed by atoms with Gasteiger partial charge in [-0.15, -0.1) is 11.8 Å². The number of amides is 2. The van der Waals surface area contributed by atoms with Crippen LogP contribution in [-0.2, 0) is 14.3 Å². The number of rotatable bonds is 3. The van der Waals surface area contributed by atoms with Crippen LogP contribution in [0, 0.1) is 5.92 Å². The fraction of sp³-hybridized carbons (Fsp3) is 0.895. The molecule has 0 radical (unpaired) electrons. The molecule has 2 aliphatic carbocycles. The fourth-order valence-corrected chi connectivity index (χ4v) is 6.26. The Morgan fingerprint density at radius 2 is 1.84 bits per heavy atom. The van der Waals surface area contributed by atoms with Crippen LogP contribution in [-0.4, -0.2) is 52.6 Å². The van der Waals surface area contributed by atoms with Crippen LogP contribution in [0.15, 0.2) is 0 Å². The predicted octanol–water partition coefficient (Wildman–Crippen LogP) is 2.69. The van der Waals surface area contributed by atoms with E-state index in [1.165, 1.54) is 12.8 Å². The van der Waals surface area contributed by atoms with Gasteiger partial charge < -0.3 is 15.0 Å². The van der Waals surface area contributed by atoms with Crippen molar-refractivity contribution in [2.45, 2.75) is 81.9 Å². The summed E-state index contributed by atoms with van der Waals surface area (Å²) in [6.07, 6.45) is 10.9. The Morgan fingerprint density at radius 3 is 2.60 bits per heavy atom. The maximum absolute atomic E-state index is 12.9. The van der Waals surface area contributed by atoms with Gasteiger partial charge in [0, 0.05) is 24.3 Å². The molecule has 0 aromatic carbocycles. The number of ether oxygens (including phenoxy) is 1. The molecule has 0 bridgehead atoms. The Bertz CT molecular complexity index is 515. The van der Waals surface area contributed by atoms with Crippen LogP contribution in [0.1, 0.15) is 64.2 Å². The van der Waals surface area contributed by atoms with E-state index in [1.807, 2.05) is 4.90 Å². The highest BCUT2D eigenvalue weighted by molar-refractivity contribution is 7.99. The van der Waals surface area contributed by atoms with E-state index in [-0.39, 0.29) is 35.4 Å². The lowest BCUT2D eigenvalue weighted by atomic mass is 9.89. The van der Waals surface area contributed by atoms with Crippen molar-refractivity contribution >= 4 is 23.6 Å². The van der Waals surface area contributed by atoms with Crippen LogP contribution in [0.2, 0.25) is 0 Å². The minimum Gasteiger partial charge on any atom is -0.375 e. The molecule has 140 valence electrons. The summed E-state index contributed by atoms with van der Waals surface area (Å²) in [5.74, 6) is 1.82.